The van der Waals surface area contributed by atoms with Crippen LogP contribution in [0.4, 0.5) is 5.82 Å². The summed E-state index contributed by atoms with van der Waals surface area (Å²) >= 11 is 0. The lowest BCUT2D eigenvalue weighted by Gasteiger charge is -2.25. The highest BCUT2D eigenvalue weighted by atomic mass is 16.5. The van der Waals surface area contributed by atoms with Gasteiger partial charge in [0.05, 0.1) is 18.8 Å². The number of benzene rings is 2. The molecule has 3 aromatic rings. The third kappa shape index (κ3) is 4.67. The molecule has 5 rings (SSSR count). The number of ether oxygens (including phenoxy) is 4. The van der Waals surface area contributed by atoms with Crippen LogP contribution in [0.1, 0.15) is 27.1 Å². The Bertz CT molecular complexity index is 1230. The first-order chi connectivity index (χ1) is 16.4. The third-order valence-corrected chi connectivity index (χ3v) is 5.47. The predicted molar refractivity (Wildman–Crippen MR) is 122 cm³/mol. The molecule has 0 saturated carbocycles. The molecule has 1 atom stereocenters. The molecule has 0 aliphatic carbocycles. The summed E-state index contributed by atoms with van der Waals surface area (Å²) in [5, 5.41) is 6.96. The molecule has 2 aromatic carbocycles. The Labute approximate surface area is 196 Å². The van der Waals surface area contributed by atoms with E-state index in [2.05, 4.69) is 10.4 Å². The van der Waals surface area contributed by atoms with Crippen LogP contribution in [-0.4, -0.2) is 59.6 Å². The van der Waals surface area contributed by atoms with E-state index in [9.17, 15) is 9.59 Å². The van der Waals surface area contributed by atoms with Gasteiger partial charge in [-0.15, -0.1) is 0 Å². The van der Waals surface area contributed by atoms with Gasteiger partial charge in [-0.3, -0.25) is 14.3 Å². The summed E-state index contributed by atoms with van der Waals surface area (Å²) in [6, 6.07) is 11.7. The Kier molecular flexibility index (Phi) is 5.81. The van der Waals surface area contributed by atoms with Gasteiger partial charge in [0.2, 0.25) is 0 Å². The Morgan fingerprint density at radius 3 is 2.74 bits per heavy atom. The number of carbonyl (C=O) groups is 2. The Balaban J connectivity index is 1.41. The van der Waals surface area contributed by atoms with Gasteiger partial charge in [-0.05, 0) is 24.3 Å². The summed E-state index contributed by atoms with van der Waals surface area (Å²) in [6.07, 6.45) is 2.41. The molecule has 2 amide bonds. The number of hydrogen-bond donors (Lipinski definition) is 1. The Hall–Kier alpha value is -4.05. The fraction of sp³-hybridized carbons (Fsp3) is 0.292. The maximum Gasteiger partial charge on any atom is 0.259 e. The number of aryl methyl sites for hydroxylation is 1. The van der Waals surface area contributed by atoms with Gasteiger partial charge in [0.1, 0.15) is 29.1 Å². The van der Waals surface area contributed by atoms with Crippen LogP contribution in [0.15, 0.2) is 48.7 Å². The van der Waals surface area contributed by atoms with E-state index in [0.29, 0.717) is 53.2 Å². The number of anilines is 1. The molecule has 10 heteroatoms. The second-order valence-electron chi connectivity index (χ2n) is 8.16. The first-order valence-corrected chi connectivity index (χ1v) is 10.9. The van der Waals surface area contributed by atoms with E-state index < -0.39 is 0 Å². The maximum atomic E-state index is 12.9. The largest absolute Gasteiger partial charge is 0.488 e. The van der Waals surface area contributed by atoms with Gasteiger partial charge < -0.3 is 29.2 Å². The number of amides is 2. The highest BCUT2D eigenvalue weighted by Crippen LogP contribution is 2.33. The molecule has 2 aliphatic rings. The van der Waals surface area contributed by atoms with Crippen molar-refractivity contribution in [2.45, 2.75) is 12.5 Å². The van der Waals surface area contributed by atoms with Gasteiger partial charge in [0, 0.05) is 50.5 Å². The van der Waals surface area contributed by atoms with Crippen molar-refractivity contribution in [1.82, 2.24) is 14.7 Å². The van der Waals surface area contributed by atoms with Crippen molar-refractivity contribution in [3.8, 4) is 23.0 Å². The molecule has 3 heterocycles. The first kappa shape index (κ1) is 21.8. The van der Waals surface area contributed by atoms with Crippen molar-refractivity contribution in [1.29, 1.82) is 0 Å². The molecule has 1 N–H and O–H groups in total. The lowest BCUT2D eigenvalue weighted by Crippen LogP contribution is -2.35. The van der Waals surface area contributed by atoms with E-state index in [1.165, 1.54) is 4.90 Å². The minimum absolute atomic E-state index is 0.0953. The summed E-state index contributed by atoms with van der Waals surface area (Å²) in [5.74, 6) is 1.78. The van der Waals surface area contributed by atoms with Gasteiger partial charge in [0.25, 0.3) is 11.8 Å². The molecule has 0 radical (unpaired) electrons. The maximum absolute atomic E-state index is 12.9. The molecule has 34 heavy (non-hydrogen) atoms. The van der Waals surface area contributed by atoms with E-state index in [0.717, 1.165) is 6.42 Å². The average Bonchev–Trinajstić information content (AvgIpc) is 3.48. The molecule has 1 saturated heterocycles. The van der Waals surface area contributed by atoms with E-state index in [1.807, 2.05) is 0 Å². The summed E-state index contributed by atoms with van der Waals surface area (Å²) in [5.41, 5.74) is 0.818. The van der Waals surface area contributed by atoms with E-state index in [1.54, 1.807) is 67.4 Å². The first-order valence-electron chi connectivity index (χ1n) is 10.9. The summed E-state index contributed by atoms with van der Waals surface area (Å²) in [6.45, 7) is 1.29. The van der Waals surface area contributed by atoms with Crippen LogP contribution in [0.25, 0.3) is 0 Å². The van der Waals surface area contributed by atoms with Gasteiger partial charge in [-0.1, -0.05) is 0 Å². The van der Waals surface area contributed by atoms with E-state index in [4.69, 9.17) is 18.9 Å². The standard InChI is InChI=1S/C24H24N4O6/c1-27-14-32-21-12-16(3-4-20(21)24(27)30)33-18-9-15(23(29)25-22-5-7-28(2)26-22)10-19(11-18)34-17-6-8-31-13-17/h3-5,7,9-12,17H,6,8,13-14H2,1-2H3,(H,25,26,29)/t17-/m0/s1. The van der Waals surface area contributed by atoms with Crippen LogP contribution in [0.2, 0.25) is 0 Å². The van der Waals surface area contributed by atoms with Gasteiger partial charge >= 0.3 is 0 Å². The van der Waals surface area contributed by atoms with Crippen molar-refractivity contribution in [3.63, 3.8) is 0 Å². The monoisotopic (exact) mass is 464 g/mol. The number of rotatable bonds is 6. The lowest BCUT2D eigenvalue weighted by molar-refractivity contribution is 0.0595. The van der Waals surface area contributed by atoms with Crippen LogP contribution >= 0.6 is 0 Å². The lowest BCUT2D eigenvalue weighted by atomic mass is 10.1. The van der Waals surface area contributed by atoms with Crippen LogP contribution in [0, 0.1) is 0 Å². The van der Waals surface area contributed by atoms with Crippen molar-refractivity contribution >= 4 is 17.6 Å². The van der Waals surface area contributed by atoms with Crippen LogP contribution in [0.5, 0.6) is 23.0 Å². The van der Waals surface area contributed by atoms with Crippen molar-refractivity contribution in [2.75, 3.05) is 32.3 Å². The van der Waals surface area contributed by atoms with Gasteiger partial charge in [-0.25, -0.2) is 0 Å². The molecule has 1 fully saturated rings. The summed E-state index contributed by atoms with van der Waals surface area (Å²) in [4.78, 5) is 26.7. The van der Waals surface area contributed by atoms with Crippen molar-refractivity contribution in [3.05, 3.63) is 59.8 Å². The molecule has 176 valence electrons. The SMILES string of the molecule is CN1COc2cc(Oc3cc(O[C@H]4CCOC4)cc(C(=O)Nc4ccn(C)n4)c3)ccc2C1=O. The molecule has 0 bridgehead atoms. The number of hydrogen-bond acceptors (Lipinski definition) is 7. The molecule has 10 nitrogen and oxygen atoms in total. The molecule has 0 spiro atoms. The smallest absolute Gasteiger partial charge is 0.259 e. The number of aromatic nitrogens is 2. The Morgan fingerprint density at radius 1 is 1.12 bits per heavy atom. The van der Waals surface area contributed by atoms with Crippen LogP contribution < -0.4 is 19.5 Å². The van der Waals surface area contributed by atoms with Crippen molar-refractivity contribution < 1.29 is 28.5 Å². The third-order valence-electron chi connectivity index (χ3n) is 5.47. The Morgan fingerprint density at radius 2 is 1.97 bits per heavy atom. The fourth-order valence-electron chi connectivity index (χ4n) is 3.73. The average molecular weight is 464 g/mol. The molecular formula is C24H24N4O6. The highest BCUT2D eigenvalue weighted by Gasteiger charge is 2.24. The predicted octanol–water partition coefficient (Wildman–Crippen LogP) is 3.05. The fourth-order valence-corrected chi connectivity index (χ4v) is 3.73. The molecule has 1 aromatic heterocycles. The minimum atomic E-state index is -0.348. The zero-order chi connectivity index (χ0) is 23.7. The topological polar surface area (TPSA) is 104 Å². The quantitative estimate of drug-likeness (QED) is 0.598. The summed E-state index contributed by atoms with van der Waals surface area (Å²) in [7, 11) is 3.45. The van der Waals surface area contributed by atoms with Crippen LogP contribution in [0.3, 0.4) is 0 Å². The second kappa shape index (κ2) is 9.06. The van der Waals surface area contributed by atoms with E-state index >= 15 is 0 Å². The number of carbonyl (C=O) groups excluding carboxylic acids is 2. The highest BCUT2D eigenvalue weighted by molar-refractivity contribution is 6.04. The van der Waals surface area contributed by atoms with Crippen LogP contribution in [-0.2, 0) is 11.8 Å². The molecular weight excluding hydrogens is 440 g/mol. The van der Waals surface area contributed by atoms with E-state index in [-0.39, 0.29) is 24.6 Å². The number of nitrogens with one attached hydrogen (secondary N) is 1. The zero-order valence-electron chi connectivity index (χ0n) is 18.8. The zero-order valence-corrected chi connectivity index (χ0v) is 18.8. The molecule has 0 unspecified atom stereocenters. The van der Waals surface area contributed by atoms with Crippen molar-refractivity contribution in [2.24, 2.45) is 7.05 Å². The summed E-state index contributed by atoms with van der Waals surface area (Å²) < 4.78 is 24.7. The second-order valence-corrected chi connectivity index (χ2v) is 8.16. The minimum Gasteiger partial charge on any atom is -0.488 e. The molecule has 2 aliphatic heterocycles. The number of nitrogens with zero attached hydrogens (tertiary/aromatic N) is 3. The van der Waals surface area contributed by atoms with Gasteiger partial charge in [0.15, 0.2) is 12.5 Å². The number of fused-ring (bicyclic) bond motifs is 1. The normalized spacial score (nSPS) is 17.2. The van der Waals surface area contributed by atoms with Gasteiger partial charge in [-0.2, -0.15) is 5.10 Å².